The van der Waals surface area contributed by atoms with Gasteiger partial charge in [0.15, 0.2) is 0 Å². The summed E-state index contributed by atoms with van der Waals surface area (Å²) >= 11 is 5.52. The summed E-state index contributed by atoms with van der Waals surface area (Å²) in [4.78, 5) is 11.3. The van der Waals surface area contributed by atoms with Gasteiger partial charge in [-0.15, -0.1) is 0 Å². The molecule has 0 bridgehead atoms. The molecule has 1 fully saturated rings. The van der Waals surface area contributed by atoms with Crippen LogP contribution in [0, 0.1) is 0 Å². The number of carbonyl (C=O) groups excluding carboxylic acids is 1. The van der Waals surface area contributed by atoms with Crippen molar-refractivity contribution in [2.24, 2.45) is 0 Å². The smallest absolute Gasteiger partial charge is 0.379 e. The van der Waals surface area contributed by atoms with Gasteiger partial charge in [-0.2, -0.15) is 0 Å². The van der Waals surface area contributed by atoms with Crippen molar-refractivity contribution in [3.8, 4) is 0 Å². The van der Waals surface area contributed by atoms with Gasteiger partial charge < -0.3 is 9.26 Å². The molecule has 0 radical (unpaired) electrons. The number of ether oxygens (including phenoxy) is 1. The molecule has 9 heteroatoms. The fourth-order valence-corrected chi connectivity index (χ4v) is 5.54. The molecule has 1 heterocycles. The van der Waals surface area contributed by atoms with Crippen molar-refractivity contribution >= 4 is 32.5 Å². The quantitative estimate of drug-likeness (QED) is 0.561. The van der Waals surface area contributed by atoms with E-state index in [0.29, 0.717) is 0 Å². The number of hydrogen-bond donors (Lipinski definition) is 0. The highest BCUT2D eigenvalue weighted by atomic mass is 35.7. The molecule has 6 nitrogen and oxygen atoms in total. The summed E-state index contributed by atoms with van der Waals surface area (Å²) in [7, 11) is -3.31. The zero-order valence-electron chi connectivity index (χ0n) is 7.72. The van der Waals surface area contributed by atoms with E-state index in [1.54, 1.807) is 0 Å². The van der Waals surface area contributed by atoms with E-state index in [-0.39, 0.29) is 0 Å². The van der Waals surface area contributed by atoms with Crippen LogP contribution in [0.2, 0.25) is 0 Å². The van der Waals surface area contributed by atoms with Crippen LogP contribution in [0.4, 0.5) is 0 Å². The first kappa shape index (κ1) is 12.4. The Bertz CT molecular complexity index is 296. The molecule has 82 valence electrons. The number of esters is 1. The number of rotatable bonds is 2. The summed E-state index contributed by atoms with van der Waals surface area (Å²) in [5, 5.41) is -1.77. The second-order valence-electron chi connectivity index (χ2n) is 2.54. The number of methoxy groups -OCH3 is 1. The van der Waals surface area contributed by atoms with Crippen LogP contribution in [-0.2, 0) is 27.5 Å². The molecule has 1 saturated heterocycles. The zero-order chi connectivity index (χ0) is 11.0. The van der Waals surface area contributed by atoms with Gasteiger partial charge in [-0.1, -0.05) is 0 Å². The fraction of sp³-hybridized carbons (Fsp3) is 0.800. The number of carbonyl (C=O) groups is 1. The minimum atomic E-state index is -3.70. The van der Waals surface area contributed by atoms with Gasteiger partial charge in [0.1, 0.15) is 0 Å². The van der Waals surface area contributed by atoms with Crippen LogP contribution in [-0.4, -0.2) is 25.5 Å². The lowest BCUT2D eigenvalue weighted by Gasteiger charge is -2.22. The maximum Gasteiger partial charge on any atom is 0.379 e. The highest BCUT2D eigenvalue weighted by Crippen LogP contribution is 2.78. The van der Waals surface area contributed by atoms with E-state index in [1.807, 2.05) is 0 Å². The zero-order valence-corrected chi connectivity index (χ0v) is 10.3. The average Bonchev–Trinajstić information content (AvgIpc) is 2.37. The van der Waals surface area contributed by atoms with Crippen molar-refractivity contribution < 1.29 is 27.5 Å². The van der Waals surface area contributed by atoms with E-state index < -0.39 is 26.6 Å². The van der Waals surface area contributed by atoms with Crippen molar-refractivity contribution in [1.29, 1.82) is 0 Å². The Balaban J connectivity index is 3.07. The topological polar surface area (TPSA) is 71.1 Å². The molecule has 0 spiro atoms. The maximum absolute atomic E-state index is 11.9. The predicted molar refractivity (Wildman–Crippen MR) is 50.0 cm³/mol. The van der Waals surface area contributed by atoms with E-state index in [9.17, 15) is 9.36 Å². The largest absolute Gasteiger partial charge is 0.466 e. The SMILES string of the molecule is COC(=O)C1(C)OP(Cl)OP1(=O)OC. The highest BCUT2D eigenvalue weighted by molar-refractivity contribution is 7.83. The van der Waals surface area contributed by atoms with Crippen molar-refractivity contribution in [1.82, 2.24) is 0 Å². The Morgan fingerprint density at radius 2 is 2.14 bits per heavy atom. The number of halogens is 1. The molecule has 0 N–H and O–H groups in total. The molecule has 0 aliphatic carbocycles. The summed E-state index contributed by atoms with van der Waals surface area (Å²) in [5.41, 5.74) is 0. The first-order valence-electron chi connectivity index (χ1n) is 3.48. The average molecular weight is 263 g/mol. The van der Waals surface area contributed by atoms with Gasteiger partial charge in [-0.05, 0) is 18.2 Å². The molecule has 14 heavy (non-hydrogen) atoms. The van der Waals surface area contributed by atoms with Gasteiger partial charge in [0.2, 0.25) is 0 Å². The van der Waals surface area contributed by atoms with Gasteiger partial charge in [-0.25, -0.2) is 9.11 Å². The fourth-order valence-electron chi connectivity index (χ4n) is 0.915. The molecule has 3 unspecified atom stereocenters. The molecule has 1 aliphatic heterocycles. The second-order valence-corrected chi connectivity index (χ2v) is 6.84. The van der Waals surface area contributed by atoms with Crippen LogP contribution in [0.3, 0.4) is 0 Å². The first-order valence-corrected chi connectivity index (χ1v) is 7.11. The van der Waals surface area contributed by atoms with Crippen molar-refractivity contribution in [2.75, 3.05) is 14.2 Å². The standard InChI is InChI=1S/C5H9ClO6P2/c1-5(4(7)9-2)11-13(6)12-14(5,8)10-3/h1-3H3. The van der Waals surface area contributed by atoms with Crippen molar-refractivity contribution in [3.63, 3.8) is 0 Å². The van der Waals surface area contributed by atoms with Gasteiger partial charge in [0.25, 0.3) is 13.1 Å². The summed E-state index contributed by atoms with van der Waals surface area (Å²) in [5.74, 6) is -0.840. The molecule has 3 atom stereocenters. The third-order valence-electron chi connectivity index (χ3n) is 1.75. The Morgan fingerprint density at radius 3 is 2.57 bits per heavy atom. The summed E-state index contributed by atoms with van der Waals surface area (Å²) in [6.45, 7) is 1.26. The van der Waals surface area contributed by atoms with E-state index in [4.69, 9.17) is 20.1 Å². The molecule has 0 aromatic rings. The Kier molecular flexibility index (Phi) is 3.58. The summed E-state index contributed by atoms with van der Waals surface area (Å²) < 4.78 is 30.7. The molecule has 0 saturated carbocycles. The third kappa shape index (κ3) is 1.71. The Labute approximate surface area is 87.0 Å². The molecule has 0 amide bonds. The Morgan fingerprint density at radius 1 is 1.57 bits per heavy atom. The first-order chi connectivity index (χ1) is 6.39. The van der Waals surface area contributed by atoms with E-state index in [0.717, 1.165) is 14.2 Å². The predicted octanol–water partition coefficient (Wildman–Crippen LogP) is 2.23. The lowest BCUT2D eigenvalue weighted by molar-refractivity contribution is -0.150. The van der Waals surface area contributed by atoms with Gasteiger partial charge in [0, 0.05) is 7.11 Å². The van der Waals surface area contributed by atoms with E-state index in [2.05, 4.69) is 9.26 Å². The third-order valence-corrected chi connectivity index (χ3v) is 6.34. The van der Waals surface area contributed by atoms with Crippen LogP contribution < -0.4 is 0 Å². The van der Waals surface area contributed by atoms with Crippen LogP contribution >= 0.6 is 26.6 Å². The molecular weight excluding hydrogens is 253 g/mol. The van der Waals surface area contributed by atoms with E-state index in [1.165, 1.54) is 6.92 Å². The van der Waals surface area contributed by atoms with Crippen LogP contribution in [0.25, 0.3) is 0 Å². The molecule has 0 aromatic carbocycles. The van der Waals surface area contributed by atoms with Gasteiger partial charge in [0.05, 0.1) is 7.11 Å². The summed E-state index contributed by atoms with van der Waals surface area (Å²) in [6.07, 6.45) is 0. The lowest BCUT2D eigenvalue weighted by atomic mass is 10.4. The monoisotopic (exact) mass is 262 g/mol. The Hall–Kier alpha value is 0.300. The molecule has 1 rings (SSSR count). The van der Waals surface area contributed by atoms with Crippen molar-refractivity contribution in [2.45, 2.75) is 12.3 Å². The van der Waals surface area contributed by atoms with E-state index >= 15 is 0 Å². The summed E-state index contributed by atoms with van der Waals surface area (Å²) in [6, 6.07) is 0. The van der Waals surface area contributed by atoms with Gasteiger partial charge in [-0.3, -0.25) is 9.09 Å². The normalized spacial score (nSPS) is 42.4. The minimum Gasteiger partial charge on any atom is -0.466 e. The van der Waals surface area contributed by atoms with Crippen LogP contribution in [0.1, 0.15) is 6.92 Å². The van der Waals surface area contributed by atoms with Crippen LogP contribution in [0.5, 0.6) is 0 Å². The lowest BCUT2D eigenvalue weighted by Crippen LogP contribution is -2.35. The maximum atomic E-state index is 11.9. The molecule has 1 aliphatic rings. The van der Waals surface area contributed by atoms with Crippen molar-refractivity contribution in [3.05, 3.63) is 0 Å². The highest BCUT2D eigenvalue weighted by Gasteiger charge is 2.63. The molecule has 0 aromatic heterocycles. The van der Waals surface area contributed by atoms with Gasteiger partial charge >= 0.3 is 13.6 Å². The van der Waals surface area contributed by atoms with Crippen LogP contribution in [0.15, 0.2) is 0 Å². The molecular formula is C5H9ClO6P2. The number of hydrogen-bond acceptors (Lipinski definition) is 6. The minimum absolute atomic E-state index is 0.840. The second kappa shape index (κ2) is 4.05.